The van der Waals surface area contributed by atoms with Crippen molar-refractivity contribution in [2.24, 2.45) is 16.8 Å². The van der Waals surface area contributed by atoms with E-state index in [9.17, 15) is 13.6 Å². The Kier molecular flexibility index (Phi) is 4.45. The Morgan fingerprint density at radius 1 is 1.30 bits per heavy atom. The molecule has 5 nitrogen and oxygen atoms in total. The van der Waals surface area contributed by atoms with E-state index in [1.807, 2.05) is 0 Å². The molecule has 1 amide bonds. The predicted molar refractivity (Wildman–Crippen MR) is 69.7 cm³/mol. The fraction of sp³-hybridized carbons (Fsp3) is 0.846. The van der Waals surface area contributed by atoms with Crippen LogP contribution in [-0.2, 0) is 4.79 Å². The second kappa shape index (κ2) is 5.93. The molecule has 2 saturated carbocycles. The Labute approximate surface area is 116 Å². The van der Waals surface area contributed by atoms with Crippen LogP contribution >= 0.6 is 0 Å². The zero-order valence-corrected chi connectivity index (χ0v) is 11.4. The number of nitrogens with two attached hydrogens (primary N) is 1. The molecule has 0 heterocycles. The number of oxime groups is 1. The molecule has 2 fully saturated rings. The number of amidine groups is 1. The third kappa shape index (κ3) is 3.80. The van der Waals surface area contributed by atoms with Crippen LogP contribution in [0.15, 0.2) is 5.16 Å². The van der Waals surface area contributed by atoms with Crippen LogP contribution in [0.25, 0.3) is 0 Å². The fourth-order valence-electron chi connectivity index (χ4n) is 2.67. The molecule has 0 aliphatic heterocycles. The highest BCUT2D eigenvalue weighted by molar-refractivity contribution is 5.82. The first-order valence-corrected chi connectivity index (χ1v) is 7.07. The van der Waals surface area contributed by atoms with E-state index in [2.05, 4.69) is 5.16 Å². The van der Waals surface area contributed by atoms with Gasteiger partial charge in [0.2, 0.25) is 11.8 Å². The summed E-state index contributed by atoms with van der Waals surface area (Å²) in [5.41, 5.74) is 5.42. The molecule has 20 heavy (non-hydrogen) atoms. The molecule has 0 spiro atoms. The van der Waals surface area contributed by atoms with Gasteiger partial charge in [-0.05, 0) is 25.7 Å². The summed E-state index contributed by atoms with van der Waals surface area (Å²) in [7, 11) is 0. The van der Waals surface area contributed by atoms with E-state index in [1.165, 1.54) is 0 Å². The standard InChI is InChI=1S/C13H21F2N3O2/c14-13(15)6-3-9(4-7-13)12(19)18(10-1-2-10)8-5-11(16)17-20/h9-10,20H,1-8H2,(H2,16,17). The van der Waals surface area contributed by atoms with Crippen LogP contribution in [0, 0.1) is 5.92 Å². The normalized spacial score (nSPS) is 23.6. The summed E-state index contributed by atoms with van der Waals surface area (Å²) in [4.78, 5) is 14.2. The van der Waals surface area contributed by atoms with E-state index in [1.54, 1.807) is 4.90 Å². The monoisotopic (exact) mass is 289 g/mol. The average molecular weight is 289 g/mol. The van der Waals surface area contributed by atoms with Crippen molar-refractivity contribution in [1.29, 1.82) is 0 Å². The summed E-state index contributed by atoms with van der Waals surface area (Å²) in [6.45, 7) is 0.395. The molecule has 0 aromatic heterocycles. The molecule has 0 radical (unpaired) electrons. The number of carbonyl (C=O) groups is 1. The number of alkyl halides is 2. The van der Waals surface area contributed by atoms with E-state index in [-0.39, 0.29) is 49.4 Å². The number of hydrogen-bond acceptors (Lipinski definition) is 3. The Bertz CT molecular complexity index is 387. The first-order valence-electron chi connectivity index (χ1n) is 7.07. The van der Waals surface area contributed by atoms with E-state index in [0.29, 0.717) is 13.0 Å². The van der Waals surface area contributed by atoms with Gasteiger partial charge >= 0.3 is 0 Å². The minimum absolute atomic E-state index is 0.0475. The smallest absolute Gasteiger partial charge is 0.248 e. The van der Waals surface area contributed by atoms with Gasteiger partial charge in [0.25, 0.3) is 0 Å². The Morgan fingerprint density at radius 2 is 1.90 bits per heavy atom. The van der Waals surface area contributed by atoms with Gasteiger partial charge in [0.15, 0.2) is 0 Å². The van der Waals surface area contributed by atoms with E-state index < -0.39 is 5.92 Å². The molecule has 7 heteroatoms. The molecule has 0 saturated heterocycles. The second-order valence-electron chi connectivity index (χ2n) is 5.73. The number of rotatable bonds is 5. The van der Waals surface area contributed by atoms with E-state index in [0.717, 1.165) is 12.8 Å². The van der Waals surface area contributed by atoms with Crippen LogP contribution in [-0.4, -0.2) is 40.4 Å². The van der Waals surface area contributed by atoms with Crippen LogP contribution in [0.4, 0.5) is 8.78 Å². The van der Waals surface area contributed by atoms with Gasteiger partial charge in [0, 0.05) is 37.8 Å². The van der Waals surface area contributed by atoms with Gasteiger partial charge in [-0.3, -0.25) is 4.79 Å². The molecule has 2 aliphatic carbocycles. The average Bonchev–Trinajstić information content (AvgIpc) is 3.23. The number of amides is 1. The number of nitrogens with zero attached hydrogens (tertiary/aromatic N) is 2. The number of halogens is 2. The van der Waals surface area contributed by atoms with Crippen LogP contribution in [0.2, 0.25) is 0 Å². The van der Waals surface area contributed by atoms with Crippen LogP contribution in [0.5, 0.6) is 0 Å². The lowest BCUT2D eigenvalue weighted by atomic mass is 9.86. The molecule has 0 aromatic carbocycles. The zero-order valence-electron chi connectivity index (χ0n) is 11.4. The van der Waals surface area contributed by atoms with Gasteiger partial charge < -0.3 is 15.8 Å². The lowest BCUT2D eigenvalue weighted by Gasteiger charge is -2.32. The number of carbonyl (C=O) groups excluding carboxylic acids is 1. The molecule has 2 rings (SSSR count). The maximum atomic E-state index is 13.1. The van der Waals surface area contributed by atoms with Crippen molar-refractivity contribution in [3.05, 3.63) is 0 Å². The summed E-state index contributed by atoms with van der Waals surface area (Å²) < 4.78 is 26.3. The SMILES string of the molecule is NC(CCN(C(=O)C1CCC(F)(F)CC1)C1CC1)=NO. The zero-order chi connectivity index (χ0) is 14.8. The van der Waals surface area contributed by atoms with Crippen LogP contribution in [0.1, 0.15) is 44.9 Å². The maximum absolute atomic E-state index is 13.1. The summed E-state index contributed by atoms with van der Waals surface area (Å²) in [6.07, 6.45) is 2.29. The van der Waals surface area contributed by atoms with Gasteiger partial charge in [-0.25, -0.2) is 8.78 Å². The lowest BCUT2D eigenvalue weighted by molar-refractivity contribution is -0.140. The largest absolute Gasteiger partial charge is 0.409 e. The summed E-state index contributed by atoms with van der Waals surface area (Å²) in [5.74, 6) is -2.88. The Balaban J connectivity index is 1.90. The van der Waals surface area contributed by atoms with Gasteiger partial charge in [-0.15, -0.1) is 0 Å². The van der Waals surface area contributed by atoms with Crippen molar-refractivity contribution in [2.75, 3.05) is 6.54 Å². The van der Waals surface area contributed by atoms with Crippen molar-refractivity contribution in [1.82, 2.24) is 4.90 Å². The van der Waals surface area contributed by atoms with E-state index >= 15 is 0 Å². The topological polar surface area (TPSA) is 78.9 Å². The highest BCUT2D eigenvalue weighted by Gasteiger charge is 2.41. The lowest BCUT2D eigenvalue weighted by Crippen LogP contribution is -2.42. The first kappa shape index (κ1) is 15.0. The molecular formula is C13H21F2N3O2. The van der Waals surface area contributed by atoms with Gasteiger partial charge in [-0.2, -0.15) is 0 Å². The quantitative estimate of drug-likeness (QED) is 0.351. The summed E-state index contributed by atoms with van der Waals surface area (Å²) in [6, 6.07) is 0.205. The molecule has 2 aliphatic rings. The third-order valence-electron chi connectivity index (χ3n) is 4.07. The van der Waals surface area contributed by atoms with Gasteiger partial charge in [0.05, 0.1) is 0 Å². The molecule has 0 unspecified atom stereocenters. The Morgan fingerprint density at radius 3 is 2.40 bits per heavy atom. The van der Waals surface area contributed by atoms with Crippen molar-refractivity contribution in [3.63, 3.8) is 0 Å². The number of hydrogen-bond donors (Lipinski definition) is 2. The Hall–Kier alpha value is -1.40. The highest BCUT2D eigenvalue weighted by Crippen LogP contribution is 2.38. The van der Waals surface area contributed by atoms with Crippen molar-refractivity contribution in [3.8, 4) is 0 Å². The maximum Gasteiger partial charge on any atom is 0.248 e. The molecular weight excluding hydrogens is 268 g/mol. The van der Waals surface area contributed by atoms with Crippen molar-refractivity contribution in [2.45, 2.75) is 56.9 Å². The molecule has 3 N–H and O–H groups in total. The van der Waals surface area contributed by atoms with E-state index in [4.69, 9.17) is 10.9 Å². The molecule has 0 bridgehead atoms. The summed E-state index contributed by atoms with van der Waals surface area (Å²) in [5, 5.41) is 11.4. The van der Waals surface area contributed by atoms with Crippen molar-refractivity contribution < 1.29 is 18.8 Å². The van der Waals surface area contributed by atoms with Crippen LogP contribution < -0.4 is 5.73 Å². The molecule has 114 valence electrons. The predicted octanol–water partition coefficient (Wildman–Crippen LogP) is 1.94. The van der Waals surface area contributed by atoms with Crippen LogP contribution in [0.3, 0.4) is 0 Å². The minimum atomic E-state index is -2.62. The highest BCUT2D eigenvalue weighted by atomic mass is 19.3. The van der Waals surface area contributed by atoms with Gasteiger partial charge in [-0.1, -0.05) is 5.16 Å². The van der Waals surface area contributed by atoms with Gasteiger partial charge in [0.1, 0.15) is 5.84 Å². The third-order valence-corrected chi connectivity index (χ3v) is 4.07. The minimum Gasteiger partial charge on any atom is -0.409 e. The molecule has 0 aromatic rings. The fourth-order valence-corrected chi connectivity index (χ4v) is 2.67. The molecule has 0 atom stereocenters. The first-order chi connectivity index (χ1) is 9.43. The summed E-state index contributed by atoms with van der Waals surface area (Å²) >= 11 is 0. The second-order valence-corrected chi connectivity index (χ2v) is 5.73. The van der Waals surface area contributed by atoms with Crippen molar-refractivity contribution >= 4 is 11.7 Å².